The van der Waals surface area contributed by atoms with Gasteiger partial charge < -0.3 is 14.0 Å². The van der Waals surface area contributed by atoms with E-state index in [-0.39, 0.29) is 5.16 Å². The summed E-state index contributed by atoms with van der Waals surface area (Å²) in [5.41, 5.74) is 2.41. The fourth-order valence-corrected chi connectivity index (χ4v) is 6.58. The van der Waals surface area contributed by atoms with Gasteiger partial charge in [0.15, 0.2) is 0 Å². The molecule has 170 valence electrons. The van der Waals surface area contributed by atoms with Crippen molar-refractivity contribution in [2.75, 3.05) is 13.2 Å². The van der Waals surface area contributed by atoms with Crippen molar-refractivity contribution in [1.82, 2.24) is 9.55 Å². The van der Waals surface area contributed by atoms with E-state index in [1.54, 1.807) is 0 Å². The molecule has 1 aromatic heterocycles. The maximum Gasteiger partial charge on any atom is 0.119 e. The number of benzene rings is 3. The van der Waals surface area contributed by atoms with Crippen LogP contribution in [0, 0.1) is 0 Å². The number of ether oxygens (including phenoxy) is 2. The smallest absolute Gasteiger partial charge is 0.119 e. The number of aromatic nitrogens is 2. The summed E-state index contributed by atoms with van der Waals surface area (Å²) < 4.78 is 14.3. The molecule has 33 heavy (non-hydrogen) atoms. The fraction of sp³-hybridized carbons (Fsp3) is 0.250. The minimum atomic E-state index is -0.928. The van der Waals surface area contributed by atoms with Gasteiger partial charge in [0.05, 0.1) is 34.2 Å². The number of hydrogen-bond acceptors (Lipinski definition) is 3. The van der Waals surface area contributed by atoms with E-state index in [0.717, 1.165) is 24.3 Å². The molecule has 0 amide bonds. The molecule has 0 bridgehead atoms. The molecule has 1 heterocycles. The Balaban J connectivity index is 1.92. The van der Waals surface area contributed by atoms with Gasteiger partial charge in [-0.3, -0.25) is 0 Å². The molecule has 0 fully saturated rings. The van der Waals surface area contributed by atoms with Gasteiger partial charge in [-0.1, -0.05) is 73.6 Å². The van der Waals surface area contributed by atoms with Crippen molar-refractivity contribution in [3.05, 3.63) is 109 Å². The third kappa shape index (κ3) is 5.20. The van der Waals surface area contributed by atoms with Crippen molar-refractivity contribution in [2.45, 2.75) is 31.9 Å². The summed E-state index contributed by atoms with van der Waals surface area (Å²) in [6, 6.07) is 27.9. The van der Waals surface area contributed by atoms with E-state index in [0.29, 0.717) is 13.2 Å². The van der Waals surface area contributed by atoms with Gasteiger partial charge in [-0.15, -0.1) is 0 Å². The number of rotatable bonds is 11. The molecule has 0 aliphatic carbocycles. The molecule has 0 radical (unpaired) electrons. The topological polar surface area (TPSA) is 36.3 Å². The van der Waals surface area contributed by atoms with E-state index in [2.05, 4.69) is 96.3 Å². The summed E-state index contributed by atoms with van der Waals surface area (Å²) >= 11 is 0. The van der Waals surface area contributed by atoms with E-state index in [4.69, 9.17) is 9.47 Å². The average molecular weight is 457 g/mol. The summed E-state index contributed by atoms with van der Waals surface area (Å²) in [5, 5.41) is 1.00. The molecule has 0 aliphatic rings. The van der Waals surface area contributed by atoms with Crippen LogP contribution in [0.25, 0.3) is 0 Å². The molecule has 0 N–H and O–H groups in total. The van der Waals surface area contributed by atoms with Crippen LogP contribution in [0.15, 0.2) is 97.6 Å². The van der Waals surface area contributed by atoms with Gasteiger partial charge in [0.25, 0.3) is 0 Å². The molecule has 4 aromatic rings. The van der Waals surface area contributed by atoms with Crippen LogP contribution in [0.4, 0.5) is 0 Å². The average Bonchev–Trinajstić information content (AvgIpc) is 3.41. The zero-order valence-electron chi connectivity index (χ0n) is 19.5. The Labute approximate surface area is 199 Å². The highest BCUT2D eigenvalue weighted by molar-refractivity contribution is 6.57. The Morgan fingerprint density at radius 1 is 0.788 bits per heavy atom. The van der Waals surface area contributed by atoms with E-state index in [9.17, 15) is 0 Å². The monoisotopic (exact) mass is 456 g/mol. The van der Waals surface area contributed by atoms with Crippen LogP contribution >= 0.6 is 0 Å². The normalized spacial score (nSPS) is 11.7. The maximum atomic E-state index is 6.04. The van der Waals surface area contributed by atoms with Gasteiger partial charge in [0.2, 0.25) is 0 Å². The lowest BCUT2D eigenvalue weighted by molar-refractivity contribution is 0.316. The molecule has 0 aliphatic heterocycles. The molecule has 0 spiro atoms. The van der Waals surface area contributed by atoms with Crippen molar-refractivity contribution in [3.8, 4) is 11.5 Å². The summed E-state index contributed by atoms with van der Waals surface area (Å²) in [5.74, 6) is 1.80. The van der Waals surface area contributed by atoms with Crippen LogP contribution in [0.5, 0.6) is 11.5 Å². The Morgan fingerprint density at radius 3 is 1.91 bits per heavy atom. The minimum Gasteiger partial charge on any atom is -0.494 e. The van der Waals surface area contributed by atoms with Gasteiger partial charge in [-0.2, -0.15) is 0 Å². The number of nitrogens with zero attached hydrogens (tertiary/aromatic N) is 2. The Morgan fingerprint density at radius 2 is 1.39 bits per heavy atom. The zero-order valence-corrected chi connectivity index (χ0v) is 20.9. The third-order valence-corrected chi connectivity index (χ3v) is 8.39. The Bertz CT molecular complexity index is 1080. The summed E-state index contributed by atoms with van der Waals surface area (Å²) in [6.07, 6.45) is 7.84. The zero-order chi connectivity index (χ0) is 22.9. The molecular weight excluding hydrogens is 424 g/mol. The van der Waals surface area contributed by atoms with Gasteiger partial charge in [0.1, 0.15) is 11.5 Å². The Hall–Kier alpha value is -3.31. The molecule has 4 rings (SSSR count). The van der Waals surface area contributed by atoms with Crippen LogP contribution in [0.1, 0.15) is 37.8 Å². The predicted octanol–water partition coefficient (Wildman–Crippen LogP) is 4.70. The Kier molecular flexibility index (Phi) is 7.63. The van der Waals surface area contributed by atoms with Crippen LogP contribution < -0.4 is 14.7 Å². The minimum absolute atomic E-state index is 0.380. The highest BCUT2D eigenvalue weighted by Crippen LogP contribution is 2.36. The molecule has 0 saturated heterocycles. The molecule has 4 nitrogen and oxygen atoms in total. The highest BCUT2D eigenvalue weighted by Gasteiger charge is 2.37. The van der Waals surface area contributed by atoms with Crippen LogP contribution in [0.2, 0.25) is 0 Å². The second-order valence-corrected chi connectivity index (χ2v) is 10.4. The largest absolute Gasteiger partial charge is 0.494 e. The second kappa shape index (κ2) is 11.0. The van der Waals surface area contributed by atoms with Gasteiger partial charge in [0, 0.05) is 12.4 Å². The lowest BCUT2D eigenvalue weighted by atomic mass is 9.96. The van der Waals surface area contributed by atoms with Gasteiger partial charge in [-0.05, 0) is 48.2 Å². The van der Waals surface area contributed by atoms with Gasteiger partial charge in [-0.25, -0.2) is 4.98 Å². The third-order valence-electron chi connectivity index (χ3n) is 5.82. The van der Waals surface area contributed by atoms with Crippen LogP contribution in [0.3, 0.4) is 0 Å². The maximum absolute atomic E-state index is 6.04. The standard InChI is InChI=1S/C28H32N2O2Si/c1-3-18-31-25-12-8-10-23(20-25)28(30-17-16-29-22-30,33-27-14-6-5-7-15-27)24-11-9-13-26(21-24)32-19-4-2/h5-17,20-22H,3-4,18-19,33H2,1-2H3. The molecule has 0 unspecified atom stereocenters. The van der Waals surface area contributed by atoms with Crippen LogP contribution in [-0.2, 0) is 5.16 Å². The first-order valence-electron chi connectivity index (χ1n) is 11.8. The molecule has 0 atom stereocenters. The SMILES string of the molecule is CCCOc1cccc(C([SiH2]c2ccccc2)(c2cccc(OCCC)c2)n2ccnc2)c1. The molecular formula is C28H32N2O2Si. The summed E-state index contributed by atoms with van der Waals surface area (Å²) in [6.45, 7) is 5.67. The first-order chi connectivity index (χ1) is 16.3. The number of hydrogen-bond donors (Lipinski definition) is 0. The quantitative estimate of drug-likeness (QED) is 0.307. The van der Waals surface area contributed by atoms with Crippen molar-refractivity contribution >= 4 is 14.7 Å². The van der Waals surface area contributed by atoms with Crippen LogP contribution in [-0.4, -0.2) is 32.3 Å². The van der Waals surface area contributed by atoms with E-state index in [1.807, 2.05) is 24.7 Å². The van der Waals surface area contributed by atoms with E-state index < -0.39 is 9.52 Å². The fourth-order valence-electron chi connectivity index (χ4n) is 4.26. The molecule has 0 saturated carbocycles. The lowest BCUT2D eigenvalue weighted by Gasteiger charge is -2.37. The lowest BCUT2D eigenvalue weighted by Crippen LogP contribution is -2.46. The summed E-state index contributed by atoms with van der Waals surface area (Å²) in [7, 11) is -0.928. The van der Waals surface area contributed by atoms with E-state index >= 15 is 0 Å². The van der Waals surface area contributed by atoms with Crippen molar-refractivity contribution in [1.29, 1.82) is 0 Å². The van der Waals surface area contributed by atoms with Gasteiger partial charge >= 0.3 is 0 Å². The molecule has 5 heteroatoms. The first-order valence-corrected chi connectivity index (χ1v) is 13.2. The van der Waals surface area contributed by atoms with E-state index in [1.165, 1.54) is 16.3 Å². The summed E-state index contributed by atoms with van der Waals surface area (Å²) in [4.78, 5) is 4.45. The first kappa shape index (κ1) is 22.9. The van der Waals surface area contributed by atoms with Crippen molar-refractivity contribution in [2.24, 2.45) is 0 Å². The highest BCUT2D eigenvalue weighted by atomic mass is 28.2. The van der Waals surface area contributed by atoms with Crippen molar-refractivity contribution < 1.29 is 9.47 Å². The second-order valence-electron chi connectivity index (χ2n) is 8.25. The predicted molar refractivity (Wildman–Crippen MR) is 137 cm³/mol. The molecule has 3 aromatic carbocycles. The van der Waals surface area contributed by atoms with Crippen molar-refractivity contribution in [3.63, 3.8) is 0 Å². The number of imidazole rings is 1.